The molecule has 2 rings (SSSR count). The van der Waals surface area contributed by atoms with Crippen LogP contribution in [-0.2, 0) is 4.74 Å². The van der Waals surface area contributed by atoms with E-state index in [0.717, 1.165) is 18.5 Å². The van der Waals surface area contributed by atoms with Gasteiger partial charge in [0, 0.05) is 18.7 Å². The lowest BCUT2D eigenvalue weighted by molar-refractivity contribution is 0.00386. The Labute approximate surface area is 89.4 Å². The first kappa shape index (κ1) is 10.4. The predicted octanol–water partition coefficient (Wildman–Crippen LogP) is 1.27. The first-order valence-corrected chi connectivity index (χ1v) is 5.17. The molecule has 0 aromatic carbocycles. The summed E-state index contributed by atoms with van der Waals surface area (Å²) in [6, 6.07) is 5.92. The Kier molecular flexibility index (Phi) is 3.18. The van der Waals surface area contributed by atoms with E-state index in [1.165, 1.54) is 0 Å². The SMILES string of the molecule is COc1cccc(C2CC(N)CCO2)n1. The maximum atomic E-state index is 5.89. The Morgan fingerprint density at radius 3 is 3.13 bits per heavy atom. The summed E-state index contributed by atoms with van der Waals surface area (Å²) in [5.41, 5.74) is 6.80. The van der Waals surface area contributed by atoms with Gasteiger partial charge in [0.15, 0.2) is 0 Å². The third-order valence-corrected chi connectivity index (χ3v) is 2.61. The zero-order valence-electron chi connectivity index (χ0n) is 8.85. The summed E-state index contributed by atoms with van der Waals surface area (Å²) >= 11 is 0. The van der Waals surface area contributed by atoms with E-state index in [9.17, 15) is 0 Å². The highest BCUT2D eigenvalue weighted by molar-refractivity contribution is 5.17. The van der Waals surface area contributed by atoms with E-state index in [-0.39, 0.29) is 12.1 Å². The molecule has 1 saturated heterocycles. The molecule has 4 heteroatoms. The lowest BCUT2D eigenvalue weighted by Crippen LogP contribution is -2.30. The lowest BCUT2D eigenvalue weighted by atomic mass is 10.0. The molecule has 15 heavy (non-hydrogen) atoms. The van der Waals surface area contributed by atoms with E-state index in [2.05, 4.69) is 4.98 Å². The standard InChI is InChI=1S/C11H16N2O2/c1-14-11-4-2-3-9(13-11)10-7-8(12)5-6-15-10/h2-4,8,10H,5-7,12H2,1H3. The maximum Gasteiger partial charge on any atom is 0.213 e. The van der Waals surface area contributed by atoms with Gasteiger partial charge in [-0.15, -0.1) is 0 Å². The van der Waals surface area contributed by atoms with Crippen LogP contribution >= 0.6 is 0 Å². The van der Waals surface area contributed by atoms with Crippen molar-refractivity contribution in [1.29, 1.82) is 0 Å². The van der Waals surface area contributed by atoms with Gasteiger partial charge < -0.3 is 15.2 Å². The van der Waals surface area contributed by atoms with Crippen LogP contribution in [0.3, 0.4) is 0 Å². The van der Waals surface area contributed by atoms with E-state index < -0.39 is 0 Å². The van der Waals surface area contributed by atoms with Crippen molar-refractivity contribution in [3.8, 4) is 5.88 Å². The predicted molar refractivity (Wildman–Crippen MR) is 56.7 cm³/mol. The normalized spacial score (nSPS) is 26.3. The smallest absolute Gasteiger partial charge is 0.213 e. The van der Waals surface area contributed by atoms with Gasteiger partial charge in [-0.2, -0.15) is 0 Å². The molecule has 82 valence electrons. The van der Waals surface area contributed by atoms with Crippen LogP contribution in [0.1, 0.15) is 24.6 Å². The largest absolute Gasteiger partial charge is 0.481 e. The number of rotatable bonds is 2. The Bertz CT molecular complexity index is 330. The highest BCUT2D eigenvalue weighted by atomic mass is 16.5. The molecule has 2 N–H and O–H groups in total. The van der Waals surface area contributed by atoms with Crippen LogP contribution in [-0.4, -0.2) is 24.7 Å². The van der Waals surface area contributed by atoms with Crippen molar-refractivity contribution in [3.05, 3.63) is 23.9 Å². The van der Waals surface area contributed by atoms with Gasteiger partial charge in [-0.3, -0.25) is 0 Å². The Hall–Kier alpha value is -1.13. The van der Waals surface area contributed by atoms with Crippen molar-refractivity contribution in [2.75, 3.05) is 13.7 Å². The van der Waals surface area contributed by atoms with Crippen molar-refractivity contribution in [2.24, 2.45) is 5.73 Å². The summed E-state index contributed by atoms with van der Waals surface area (Å²) < 4.78 is 10.7. The van der Waals surface area contributed by atoms with Gasteiger partial charge in [0.05, 0.1) is 12.8 Å². The minimum absolute atomic E-state index is 0.0175. The van der Waals surface area contributed by atoms with Gasteiger partial charge in [-0.05, 0) is 18.9 Å². The zero-order valence-corrected chi connectivity index (χ0v) is 8.85. The van der Waals surface area contributed by atoms with E-state index in [0.29, 0.717) is 12.5 Å². The molecule has 0 radical (unpaired) electrons. The van der Waals surface area contributed by atoms with Gasteiger partial charge in [0.1, 0.15) is 6.10 Å². The number of methoxy groups -OCH3 is 1. The van der Waals surface area contributed by atoms with E-state index >= 15 is 0 Å². The van der Waals surface area contributed by atoms with Crippen LogP contribution in [0.4, 0.5) is 0 Å². The number of hydrogen-bond acceptors (Lipinski definition) is 4. The number of nitrogens with two attached hydrogens (primary N) is 1. The van der Waals surface area contributed by atoms with Crippen LogP contribution in [0.25, 0.3) is 0 Å². The summed E-state index contributed by atoms with van der Waals surface area (Å²) in [4.78, 5) is 4.35. The second-order valence-corrected chi connectivity index (χ2v) is 3.75. The molecule has 0 amide bonds. The average molecular weight is 208 g/mol. The van der Waals surface area contributed by atoms with Crippen molar-refractivity contribution in [2.45, 2.75) is 25.0 Å². The minimum Gasteiger partial charge on any atom is -0.481 e. The number of nitrogens with zero attached hydrogens (tertiary/aromatic N) is 1. The lowest BCUT2D eigenvalue weighted by Gasteiger charge is -2.26. The fraction of sp³-hybridized carbons (Fsp3) is 0.545. The van der Waals surface area contributed by atoms with Gasteiger partial charge in [-0.25, -0.2) is 4.98 Å². The van der Waals surface area contributed by atoms with Crippen LogP contribution in [0.15, 0.2) is 18.2 Å². The molecule has 2 atom stereocenters. The van der Waals surface area contributed by atoms with Crippen LogP contribution in [0.5, 0.6) is 5.88 Å². The zero-order chi connectivity index (χ0) is 10.7. The molecule has 2 unspecified atom stereocenters. The fourth-order valence-electron chi connectivity index (χ4n) is 1.75. The maximum absolute atomic E-state index is 5.89. The quantitative estimate of drug-likeness (QED) is 0.795. The highest BCUT2D eigenvalue weighted by Crippen LogP contribution is 2.26. The molecule has 1 aromatic rings. The highest BCUT2D eigenvalue weighted by Gasteiger charge is 2.22. The second kappa shape index (κ2) is 4.59. The van der Waals surface area contributed by atoms with Crippen molar-refractivity contribution in [3.63, 3.8) is 0 Å². The minimum atomic E-state index is 0.0175. The second-order valence-electron chi connectivity index (χ2n) is 3.75. The molecule has 0 aliphatic carbocycles. The van der Waals surface area contributed by atoms with Gasteiger partial charge in [0.25, 0.3) is 0 Å². The van der Waals surface area contributed by atoms with Gasteiger partial charge >= 0.3 is 0 Å². The molecule has 0 spiro atoms. The molecule has 1 aromatic heterocycles. The van der Waals surface area contributed by atoms with Crippen molar-refractivity contribution >= 4 is 0 Å². The first-order valence-electron chi connectivity index (χ1n) is 5.17. The van der Waals surface area contributed by atoms with Gasteiger partial charge in [-0.1, -0.05) is 6.07 Å². The molecule has 0 bridgehead atoms. The molecule has 1 aliphatic heterocycles. The van der Waals surface area contributed by atoms with E-state index in [1.807, 2.05) is 18.2 Å². The topological polar surface area (TPSA) is 57.4 Å². The number of hydrogen-bond donors (Lipinski definition) is 1. The van der Waals surface area contributed by atoms with Crippen molar-refractivity contribution < 1.29 is 9.47 Å². The summed E-state index contributed by atoms with van der Waals surface area (Å²) in [5, 5.41) is 0. The molecule has 4 nitrogen and oxygen atoms in total. The summed E-state index contributed by atoms with van der Waals surface area (Å²) in [6.07, 6.45) is 1.78. The molecular formula is C11H16N2O2. The number of pyridine rings is 1. The van der Waals surface area contributed by atoms with E-state index in [1.54, 1.807) is 7.11 Å². The Balaban J connectivity index is 2.13. The van der Waals surface area contributed by atoms with Crippen molar-refractivity contribution in [1.82, 2.24) is 4.98 Å². The number of ether oxygens (including phenoxy) is 2. The van der Waals surface area contributed by atoms with Crippen LogP contribution in [0, 0.1) is 0 Å². The number of aromatic nitrogens is 1. The third-order valence-electron chi connectivity index (χ3n) is 2.61. The summed E-state index contributed by atoms with van der Waals surface area (Å²) in [7, 11) is 1.61. The third kappa shape index (κ3) is 2.46. The Morgan fingerprint density at radius 1 is 1.53 bits per heavy atom. The van der Waals surface area contributed by atoms with E-state index in [4.69, 9.17) is 15.2 Å². The molecule has 2 heterocycles. The monoisotopic (exact) mass is 208 g/mol. The van der Waals surface area contributed by atoms with Crippen LogP contribution < -0.4 is 10.5 Å². The fourth-order valence-corrected chi connectivity index (χ4v) is 1.75. The molecule has 1 fully saturated rings. The average Bonchev–Trinajstić information content (AvgIpc) is 2.29. The summed E-state index contributed by atoms with van der Waals surface area (Å²) in [5.74, 6) is 0.621. The summed E-state index contributed by atoms with van der Waals surface area (Å²) in [6.45, 7) is 0.713. The molecule has 1 aliphatic rings. The molecule has 0 saturated carbocycles. The van der Waals surface area contributed by atoms with Crippen LogP contribution in [0.2, 0.25) is 0 Å². The molecular weight excluding hydrogens is 192 g/mol. The first-order chi connectivity index (χ1) is 7.29. The van der Waals surface area contributed by atoms with Gasteiger partial charge in [0.2, 0.25) is 5.88 Å². The Morgan fingerprint density at radius 2 is 2.40 bits per heavy atom.